The summed E-state index contributed by atoms with van der Waals surface area (Å²) in [5, 5.41) is 0. The molecule has 0 unspecified atom stereocenters. The molecular formula is C19H16FNO3. The molecule has 0 spiro atoms. The number of allylic oxidation sites excluding steroid dienone is 3. The predicted molar refractivity (Wildman–Crippen MR) is 91.7 cm³/mol. The maximum atomic E-state index is 11.9. The van der Waals surface area contributed by atoms with Crippen LogP contribution in [0.4, 0.5) is 20.7 Å². The zero-order valence-corrected chi connectivity index (χ0v) is 12.9. The Morgan fingerprint density at radius 3 is 2.38 bits per heavy atom. The standard InChI is InChI=1S/C19H16FNO3/c1-3-9-15(4-2)21(16-10-6-5-7-11-16)17-12-8-13-18(14-17)23-19(22)24-20/h3-14H,1-2H2/b15-9+. The van der Waals surface area contributed by atoms with Crippen molar-refractivity contribution in [3.8, 4) is 5.75 Å². The van der Waals surface area contributed by atoms with Crippen molar-refractivity contribution in [3.05, 3.63) is 91.7 Å². The van der Waals surface area contributed by atoms with Crippen LogP contribution in [0.25, 0.3) is 0 Å². The number of halogens is 1. The maximum Gasteiger partial charge on any atom is 0.550 e. The number of hydrogen-bond acceptors (Lipinski definition) is 4. The van der Waals surface area contributed by atoms with Crippen molar-refractivity contribution in [2.45, 2.75) is 0 Å². The van der Waals surface area contributed by atoms with Crippen LogP contribution < -0.4 is 9.64 Å². The minimum absolute atomic E-state index is 0.151. The first-order chi connectivity index (χ1) is 11.7. The van der Waals surface area contributed by atoms with Gasteiger partial charge < -0.3 is 9.64 Å². The molecule has 0 N–H and O–H groups in total. The van der Waals surface area contributed by atoms with Crippen LogP contribution in [0.3, 0.4) is 0 Å². The molecule has 0 saturated heterocycles. The van der Waals surface area contributed by atoms with Gasteiger partial charge in [0.1, 0.15) is 5.75 Å². The van der Waals surface area contributed by atoms with Crippen LogP contribution in [0, 0.1) is 0 Å². The van der Waals surface area contributed by atoms with Gasteiger partial charge >= 0.3 is 6.16 Å². The summed E-state index contributed by atoms with van der Waals surface area (Å²) in [6.07, 6.45) is 3.69. The van der Waals surface area contributed by atoms with Gasteiger partial charge in [-0.25, -0.2) is 4.94 Å². The first kappa shape index (κ1) is 17.0. The van der Waals surface area contributed by atoms with E-state index in [-0.39, 0.29) is 5.75 Å². The van der Waals surface area contributed by atoms with Crippen molar-refractivity contribution in [2.24, 2.45) is 0 Å². The smallest absolute Gasteiger partial charge is 0.393 e. The minimum atomic E-state index is -1.43. The van der Waals surface area contributed by atoms with Crippen molar-refractivity contribution in [2.75, 3.05) is 4.90 Å². The fraction of sp³-hybridized carbons (Fsp3) is 0. The highest BCUT2D eigenvalue weighted by Crippen LogP contribution is 2.32. The summed E-state index contributed by atoms with van der Waals surface area (Å²) in [6.45, 7) is 7.53. The quantitative estimate of drug-likeness (QED) is 0.400. The summed E-state index contributed by atoms with van der Waals surface area (Å²) >= 11 is 0. The number of carbonyl (C=O) groups excluding carboxylic acids is 1. The van der Waals surface area contributed by atoms with E-state index >= 15 is 0 Å². The molecule has 2 rings (SSSR count). The van der Waals surface area contributed by atoms with Crippen LogP contribution in [0.15, 0.2) is 91.7 Å². The summed E-state index contributed by atoms with van der Waals surface area (Å²) in [7, 11) is 0. The SMILES string of the molecule is C=C/C=C(\C=C)N(c1ccccc1)c1cccc(OC(=O)OF)c1. The fourth-order valence-electron chi connectivity index (χ4n) is 2.18. The third-order valence-electron chi connectivity index (χ3n) is 3.11. The molecule has 0 aromatic heterocycles. The molecular weight excluding hydrogens is 309 g/mol. The second-order valence-electron chi connectivity index (χ2n) is 4.63. The van der Waals surface area contributed by atoms with Crippen LogP contribution in [0.1, 0.15) is 0 Å². The van der Waals surface area contributed by atoms with Crippen molar-refractivity contribution >= 4 is 17.5 Å². The van der Waals surface area contributed by atoms with E-state index in [0.29, 0.717) is 5.69 Å². The van der Waals surface area contributed by atoms with Gasteiger partial charge in [-0.1, -0.05) is 43.5 Å². The average Bonchev–Trinajstić information content (AvgIpc) is 2.62. The van der Waals surface area contributed by atoms with Gasteiger partial charge in [0, 0.05) is 27.7 Å². The predicted octanol–water partition coefficient (Wildman–Crippen LogP) is 5.48. The van der Waals surface area contributed by atoms with E-state index < -0.39 is 6.16 Å². The molecule has 4 nitrogen and oxygen atoms in total. The Balaban J connectivity index is 2.50. The summed E-state index contributed by atoms with van der Waals surface area (Å²) < 4.78 is 16.6. The molecule has 0 radical (unpaired) electrons. The summed E-state index contributed by atoms with van der Waals surface area (Å²) in [5.41, 5.74) is 2.33. The molecule has 0 saturated carbocycles. The Morgan fingerprint density at radius 2 is 1.75 bits per heavy atom. The number of rotatable bonds is 6. The molecule has 122 valence electrons. The highest BCUT2D eigenvalue weighted by atomic mass is 19.3. The number of carbonyl (C=O) groups is 1. The molecule has 2 aromatic rings. The number of hydrogen-bond donors (Lipinski definition) is 0. The lowest BCUT2D eigenvalue weighted by molar-refractivity contribution is -0.0842. The maximum absolute atomic E-state index is 11.9. The highest BCUT2D eigenvalue weighted by Gasteiger charge is 2.14. The molecule has 0 amide bonds. The van der Waals surface area contributed by atoms with Gasteiger partial charge in [-0.3, -0.25) is 0 Å². The monoisotopic (exact) mass is 325 g/mol. The molecule has 0 bridgehead atoms. The molecule has 5 heteroatoms. The van der Waals surface area contributed by atoms with E-state index in [1.54, 1.807) is 30.4 Å². The Labute approximate surface area is 139 Å². The van der Waals surface area contributed by atoms with Gasteiger partial charge in [-0.05, 0) is 36.4 Å². The van der Waals surface area contributed by atoms with E-state index in [4.69, 9.17) is 4.74 Å². The summed E-state index contributed by atoms with van der Waals surface area (Å²) in [5.74, 6) is 0.151. The first-order valence-corrected chi connectivity index (χ1v) is 7.10. The lowest BCUT2D eigenvalue weighted by Gasteiger charge is -2.26. The number of para-hydroxylation sites is 1. The zero-order chi connectivity index (χ0) is 17.4. The molecule has 0 aliphatic carbocycles. The van der Waals surface area contributed by atoms with Crippen LogP contribution in [-0.2, 0) is 4.94 Å². The number of anilines is 2. The van der Waals surface area contributed by atoms with Gasteiger partial charge in [0.2, 0.25) is 0 Å². The Kier molecular flexibility index (Phi) is 5.91. The largest absolute Gasteiger partial charge is 0.550 e. The number of nitrogens with zero attached hydrogens (tertiary/aromatic N) is 1. The fourth-order valence-corrected chi connectivity index (χ4v) is 2.18. The van der Waals surface area contributed by atoms with Crippen LogP contribution in [0.5, 0.6) is 5.75 Å². The van der Waals surface area contributed by atoms with Crippen LogP contribution >= 0.6 is 0 Å². The summed E-state index contributed by atoms with van der Waals surface area (Å²) in [6, 6.07) is 16.2. The van der Waals surface area contributed by atoms with E-state index in [2.05, 4.69) is 18.1 Å². The average molecular weight is 325 g/mol. The topological polar surface area (TPSA) is 38.8 Å². The minimum Gasteiger partial charge on any atom is -0.393 e. The molecule has 0 aliphatic rings. The lowest BCUT2D eigenvalue weighted by atomic mass is 10.2. The molecule has 2 aromatic carbocycles. The molecule has 0 heterocycles. The first-order valence-electron chi connectivity index (χ1n) is 7.10. The van der Waals surface area contributed by atoms with E-state index in [0.717, 1.165) is 11.4 Å². The zero-order valence-electron chi connectivity index (χ0n) is 12.9. The Hall–Kier alpha value is -3.34. The van der Waals surface area contributed by atoms with Gasteiger partial charge in [0.15, 0.2) is 0 Å². The third-order valence-corrected chi connectivity index (χ3v) is 3.11. The van der Waals surface area contributed by atoms with Crippen LogP contribution in [-0.4, -0.2) is 6.16 Å². The Bertz CT molecular complexity index is 756. The van der Waals surface area contributed by atoms with E-state index in [1.165, 1.54) is 6.07 Å². The van der Waals surface area contributed by atoms with Gasteiger partial charge in [0.25, 0.3) is 0 Å². The van der Waals surface area contributed by atoms with E-state index in [9.17, 15) is 9.32 Å². The van der Waals surface area contributed by atoms with Crippen LogP contribution in [0.2, 0.25) is 0 Å². The van der Waals surface area contributed by atoms with Gasteiger partial charge in [0.05, 0.1) is 0 Å². The van der Waals surface area contributed by atoms with Crippen molar-refractivity contribution in [1.82, 2.24) is 0 Å². The van der Waals surface area contributed by atoms with Crippen molar-refractivity contribution in [1.29, 1.82) is 0 Å². The number of ether oxygens (including phenoxy) is 1. The second kappa shape index (κ2) is 8.33. The third kappa shape index (κ3) is 4.10. The lowest BCUT2D eigenvalue weighted by Crippen LogP contribution is -2.15. The molecule has 24 heavy (non-hydrogen) atoms. The van der Waals surface area contributed by atoms with Gasteiger partial charge in [-0.2, -0.15) is 4.79 Å². The van der Waals surface area contributed by atoms with E-state index in [1.807, 2.05) is 41.3 Å². The molecule has 0 atom stereocenters. The molecule has 0 fully saturated rings. The normalized spacial score (nSPS) is 10.6. The number of benzene rings is 2. The second-order valence-corrected chi connectivity index (χ2v) is 4.63. The highest BCUT2D eigenvalue weighted by molar-refractivity contribution is 5.72. The Morgan fingerprint density at radius 1 is 1.04 bits per heavy atom. The van der Waals surface area contributed by atoms with Crippen molar-refractivity contribution in [3.63, 3.8) is 0 Å². The van der Waals surface area contributed by atoms with Crippen molar-refractivity contribution < 1.29 is 19.0 Å². The van der Waals surface area contributed by atoms with Gasteiger partial charge in [-0.15, -0.1) is 0 Å². The summed E-state index contributed by atoms with van der Waals surface area (Å²) in [4.78, 5) is 15.9. The molecule has 0 aliphatic heterocycles.